The van der Waals surface area contributed by atoms with Crippen LogP contribution in [-0.4, -0.2) is 29.7 Å². The van der Waals surface area contributed by atoms with E-state index in [9.17, 15) is 8.42 Å². The van der Waals surface area contributed by atoms with E-state index in [1.165, 1.54) is 0 Å². The fourth-order valence-corrected chi connectivity index (χ4v) is 4.37. The molecule has 3 rings (SSSR count). The van der Waals surface area contributed by atoms with Crippen molar-refractivity contribution in [1.82, 2.24) is 9.78 Å². The standard InChI is InChI=1S/C10H15N3O2S/c11-10-8-2-1-3-9(8)12-13(10)7-4-5-16(14,15)6-7/h7H,1-6,11H2/t7-/m0/s1. The Balaban J connectivity index is 1.97. The van der Waals surface area contributed by atoms with Crippen LogP contribution in [0.3, 0.4) is 0 Å². The van der Waals surface area contributed by atoms with E-state index in [0.29, 0.717) is 12.2 Å². The number of fused-ring (bicyclic) bond motifs is 1. The van der Waals surface area contributed by atoms with E-state index in [1.807, 2.05) is 0 Å². The maximum absolute atomic E-state index is 11.4. The molecule has 1 aromatic rings. The molecule has 5 nitrogen and oxygen atoms in total. The topological polar surface area (TPSA) is 78.0 Å². The van der Waals surface area contributed by atoms with Gasteiger partial charge in [0.05, 0.1) is 23.2 Å². The molecule has 2 heterocycles. The summed E-state index contributed by atoms with van der Waals surface area (Å²) in [6, 6.07) is -0.0457. The molecule has 0 spiro atoms. The minimum atomic E-state index is -2.87. The van der Waals surface area contributed by atoms with Crippen LogP contribution in [0.4, 0.5) is 5.82 Å². The second-order valence-corrected chi connectivity index (χ2v) is 6.89. The molecule has 16 heavy (non-hydrogen) atoms. The van der Waals surface area contributed by atoms with Crippen molar-refractivity contribution in [2.75, 3.05) is 17.2 Å². The highest BCUT2D eigenvalue weighted by atomic mass is 32.2. The minimum Gasteiger partial charge on any atom is -0.384 e. The summed E-state index contributed by atoms with van der Waals surface area (Å²) in [5.41, 5.74) is 8.24. The first-order valence-electron chi connectivity index (χ1n) is 5.63. The van der Waals surface area contributed by atoms with Gasteiger partial charge in [0.2, 0.25) is 0 Å². The number of hydrogen-bond donors (Lipinski definition) is 1. The average molecular weight is 241 g/mol. The van der Waals surface area contributed by atoms with Crippen molar-refractivity contribution >= 4 is 15.7 Å². The van der Waals surface area contributed by atoms with Crippen molar-refractivity contribution in [3.8, 4) is 0 Å². The number of rotatable bonds is 1. The quantitative estimate of drug-likeness (QED) is 0.767. The van der Waals surface area contributed by atoms with Gasteiger partial charge < -0.3 is 5.73 Å². The molecule has 1 aliphatic carbocycles. The molecule has 1 atom stereocenters. The fraction of sp³-hybridized carbons (Fsp3) is 0.700. The first-order chi connectivity index (χ1) is 7.57. The van der Waals surface area contributed by atoms with Crippen molar-refractivity contribution in [3.05, 3.63) is 11.3 Å². The molecule has 1 aromatic heterocycles. The lowest BCUT2D eigenvalue weighted by molar-refractivity contribution is 0.500. The van der Waals surface area contributed by atoms with Gasteiger partial charge in [-0.25, -0.2) is 13.1 Å². The zero-order valence-corrected chi connectivity index (χ0v) is 9.83. The number of aromatic nitrogens is 2. The van der Waals surface area contributed by atoms with Gasteiger partial charge in [-0.05, 0) is 25.7 Å². The summed E-state index contributed by atoms with van der Waals surface area (Å²) in [7, 11) is -2.87. The summed E-state index contributed by atoms with van der Waals surface area (Å²) in [4.78, 5) is 0. The van der Waals surface area contributed by atoms with Crippen molar-refractivity contribution in [2.45, 2.75) is 31.7 Å². The first kappa shape index (κ1) is 10.1. The molecule has 2 aliphatic rings. The van der Waals surface area contributed by atoms with E-state index in [2.05, 4.69) is 5.10 Å². The highest BCUT2D eigenvalue weighted by Gasteiger charge is 2.32. The van der Waals surface area contributed by atoms with E-state index in [0.717, 1.165) is 30.5 Å². The Hall–Kier alpha value is -1.04. The number of nitrogens with two attached hydrogens (primary N) is 1. The molecule has 0 bridgehead atoms. The zero-order chi connectivity index (χ0) is 11.3. The maximum Gasteiger partial charge on any atom is 0.152 e. The van der Waals surface area contributed by atoms with Gasteiger partial charge in [0.1, 0.15) is 5.82 Å². The molecule has 0 aromatic carbocycles. The Kier molecular flexibility index (Phi) is 2.04. The minimum absolute atomic E-state index is 0.0457. The van der Waals surface area contributed by atoms with Crippen LogP contribution in [0.2, 0.25) is 0 Å². The van der Waals surface area contributed by atoms with Crippen LogP contribution in [-0.2, 0) is 22.7 Å². The van der Waals surface area contributed by atoms with E-state index < -0.39 is 9.84 Å². The monoisotopic (exact) mass is 241 g/mol. The number of aryl methyl sites for hydroxylation is 1. The van der Waals surface area contributed by atoms with Gasteiger partial charge >= 0.3 is 0 Å². The summed E-state index contributed by atoms with van der Waals surface area (Å²) in [6.07, 6.45) is 3.73. The first-order valence-corrected chi connectivity index (χ1v) is 7.45. The number of anilines is 1. The lowest BCUT2D eigenvalue weighted by Crippen LogP contribution is -2.15. The van der Waals surface area contributed by atoms with Crippen molar-refractivity contribution in [3.63, 3.8) is 0 Å². The molecule has 1 aliphatic heterocycles. The lowest BCUT2D eigenvalue weighted by Gasteiger charge is -2.11. The number of hydrogen-bond acceptors (Lipinski definition) is 4. The fourth-order valence-electron chi connectivity index (χ4n) is 2.68. The summed E-state index contributed by atoms with van der Waals surface area (Å²) in [5.74, 6) is 1.15. The Bertz CT molecular complexity index is 533. The Labute approximate surface area is 94.5 Å². The third kappa shape index (κ3) is 1.43. The maximum atomic E-state index is 11.4. The average Bonchev–Trinajstić information content (AvgIpc) is 2.84. The van der Waals surface area contributed by atoms with Gasteiger partial charge in [-0.2, -0.15) is 5.10 Å². The van der Waals surface area contributed by atoms with E-state index in [-0.39, 0.29) is 17.5 Å². The molecule has 0 saturated carbocycles. The largest absolute Gasteiger partial charge is 0.384 e. The Morgan fingerprint density at radius 1 is 1.38 bits per heavy atom. The Morgan fingerprint density at radius 3 is 2.81 bits per heavy atom. The zero-order valence-electron chi connectivity index (χ0n) is 9.02. The van der Waals surface area contributed by atoms with Gasteiger partial charge in [-0.15, -0.1) is 0 Å². The molecular formula is C10H15N3O2S. The van der Waals surface area contributed by atoms with Crippen LogP contribution < -0.4 is 5.73 Å². The molecule has 1 fully saturated rings. The number of sulfone groups is 1. The van der Waals surface area contributed by atoms with Crippen LogP contribution in [0.5, 0.6) is 0 Å². The normalized spacial score (nSPS) is 27.1. The van der Waals surface area contributed by atoms with E-state index in [4.69, 9.17) is 5.73 Å². The SMILES string of the molecule is Nc1c2c(nn1[C@H]1CCS(=O)(=O)C1)CCC2. The molecule has 0 amide bonds. The summed E-state index contributed by atoms with van der Waals surface area (Å²) in [5, 5.41) is 4.47. The van der Waals surface area contributed by atoms with Crippen LogP contribution in [0.1, 0.15) is 30.1 Å². The molecule has 88 valence electrons. The molecule has 0 radical (unpaired) electrons. The lowest BCUT2D eigenvalue weighted by atomic mass is 10.2. The third-order valence-electron chi connectivity index (χ3n) is 3.53. The summed E-state index contributed by atoms with van der Waals surface area (Å²) >= 11 is 0. The van der Waals surface area contributed by atoms with Crippen LogP contribution >= 0.6 is 0 Å². The molecule has 0 unspecified atom stereocenters. The van der Waals surface area contributed by atoms with E-state index >= 15 is 0 Å². The molecule has 6 heteroatoms. The molecule has 2 N–H and O–H groups in total. The predicted molar refractivity (Wildman–Crippen MR) is 61.0 cm³/mol. The van der Waals surface area contributed by atoms with Gasteiger partial charge in [0.15, 0.2) is 9.84 Å². The molecule has 1 saturated heterocycles. The van der Waals surface area contributed by atoms with Crippen molar-refractivity contribution in [1.29, 1.82) is 0 Å². The Morgan fingerprint density at radius 2 is 2.19 bits per heavy atom. The van der Waals surface area contributed by atoms with Crippen molar-refractivity contribution < 1.29 is 8.42 Å². The van der Waals surface area contributed by atoms with Gasteiger partial charge in [0.25, 0.3) is 0 Å². The van der Waals surface area contributed by atoms with E-state index in [1.54, 1.807) is 4.68 Å². The van der Waals surface area contributed by atoms with Crippen LogP contribution in [0.15, 0.2) is 0 Å². The summed E-state index contributed by atoms with van der Waals surface area (Å²) in [6.45, 7) is 0. The highest BCUT2D eigenvalue weighted by Crippen LogP contribution is 2.32. The number of nitrogens with zero attached hydrogens (tertiary/aromatic N) is 2. The van der Waals surface area contributed by atoms with Crippen LogP contribution in [0, 0.1) is 0 Å². The summed E-state index contributed by atoms with van der Waals surface area (Å²) < 4.78 is 24.6. The van der Waals surface area contributed by atoms with Crippen molar-refractivity contribution in [2.24, 2.45) is 0 Å². The molecular weight excluding hydrogens is 226 g/mol. The smallest absolute Gasteiger partial charge is 0.152 e. The highest BCUT2D eigenvalue weighted by molar-refractivity contribution is 7.91. The van der Waals surface area contributed by atoms with Crippen LogP contribution in [0.25, 0.3) is 0 Å². The van der Waals surface area contributed by atoms with Gasteiger partial charge in [-0.1, -0.05) is 0 Å². The van der Waals surface area contributed by atoms with Gasteiger partial charge in [0, 0.05) is 5.56 Å². The second-order valence-electron chi connectivity index (χ2n) is 4.67. The predicted octanol–water partition coefficient (Wildman–Crippen LogP) is 0.314. The second kappa shape index (κ2) is 3.23. The van der Waals surface area contributed by atoms with Gasteiger partial charge in [-0.3, -0.25) is 0 Å². The third-order valence-corrected chi connectivity index (χ3v) is 5.28. The number of nitrogen functional groups attached to an aromatic ring is 1.